The van der Waals surface area contributed by atoms with Gasteiger partial charge < -0.3 is 15.1 Å². The van der Waals surface area contributed by atoms with E-state index >= 15 is 0 Å². The van der Waals surface area contributed by atoms with Gasteiger partial charge in [-0.25, -0.2) is 0 Å². The number of hydrogen-bond donors (Lipinski definition) is 1. The van der Waals surface area contributed by atoms with E-state index in [1.54, 1.807) is 0 Å². The molecule has 1 aromatic carbocycles. The molecule has 1 N–H and O–H groups in total. The van der Waals surface area contributed by atoms with Crippen molar-refractivity contribution in [1.29, 1.82) is 0 Å². The van der Waals surface area contributed by atoms with E-state index in [0.717, 1.165) is 13.1 Å². The van der Waals surface area contributed by atoms with Gasteiger partial charge in [0.2, 0.25) is 0 Å². The molecule has 1 saturated carbocycles. The summed E-state index contributed by atoms with van der Waals surface area (Å²) < 4.78 is 0. The van der Waals surface area contributed by atoms with Gasteiger partial charge in [0, 0.05) is 50.6 Å². The third kappa shape index (κ3) is 2.57. The van der Waals surface area contributed by atoms with Crippen LogP contribution in [0.15, 0.2) is 24.3 Å². The molecule has 1 aliphatic heterocycles. The molecule has 0 atom stereocenters. The number of anilines is 2. The van der Waals surface area contributed by atoms with Crippen molar-refractivity contribution < 1.29 is 0 Å². The van der Waals surface area contributed by atoms with Gasteiger partial charge in [-0.05, 0) is 31.0 Å². The van der Waals surface area contributed by atoms with Crippen LogP contribution in [0.2, 0.25) is 0 Å². The number of hydrogen-bond acceptors (Lipinski definition) is 3. The summed E-state index contributed by atoms with van der Waals surface area (Å²) in [4.78, 5) is 4.74. The lowest BCUT2D eigenvalue weighted by molar-refractivity contribution is 0.304. The van der Waals surface area contributed by atoms with E-state index in [0.29, 0.717) is 5.54 Å². The predicted octanol–water partition coefficient (Wildman–Crippen LogP) is 2.48. The molecule has 1 saturated heterocycles. The van der Waals surface area contributed by atoms with Crippen LogP contribution in [0.3, 0.4) is 0 Å². The maximum atomic E-state index is 3.78. The molecule has 19 heavy (non-hydrogen) atoms. The summed E-state index contributed by atoms with van der Waals surface area (Å²) in [5.74, 6) is 0. The van der Waals surface area contributed by atoms with Crippen molar-refractivity contribution in [3.05, 3.63) is 24.3 Å². The zero-order valence-electron chi connectivity index (χ0n) is 12.2. The summed E-state index contributed by atoms with van der Waals surface area (Å²) in [5, 5.41) is 3.78. The van der Waals surface area contributed by atoms with Gasteiger partial charge in [-0.1, -0.05) is 18.9 Å². The summed E-state index contributed by atoms with van der Waals surface area (Å²) in [6, 6.07) is 8.92. The summed E-state index contributed by atoms with van der Waals surface area (Å²) in [6.45, 7) is 3.41. The van der Waals surface area contributed by atoms with Gasteiger partial charge in [0.25, 0.3) is 0 Å². The second-order valence-corrected chi connectivity index (χ2v) is 6.25. The van der Waals surface area contributed by atoms with Crippen LogP contribution in [0.5, 0.6) is 0 Å². The number of benzene rings is 1. The number of nitrogens with one attached hydrogen (secondary N) is 1. The molecule has 0 bridgehead atoms. The van der Waals surface area contributed by atoms with Crippen molar-refractivity contribution in [1.82, 2.24) is 5.32 Å². The summed E-state index contributed by atoms with van der Waals surface area (Å²) >= 11 is 0. The second-order valence-electron chi connectivity index (χ2n) is 6.25. The first-order chi connectivity index (χ1) is 9.19. The Hall–Kier alpha value is -1.22. The van der Waals surface area contributed by atoms with E-state index in [4.69, 9.17) is 0 Å². The van der Waals surface area contributed by atoms with E-state index in [2.05, 4.69) is 53.5 Å². The highest BCUT2D eigenvalue weighted by Gasteiger charge is 2.37. The molecule has 1 heterocycles. The molecular formula is C16H25N3. The molecular weight excluding hydrogens is 234 g/mol. The highest BCUT2D eigenvalue weighted by atomic mass is 15.2. The highest BCUT2D eigenvalue weighted by Crippen LogP contribution is 2.34. The Balaban J connectivity index is 1.79. The van der Waals surface area contributed by atoms with Crippen molar-refractivity contribution in [3.8, 4) is 0 Å². The fourth-order valence-electron chi connectivity index (χ4n) is 3.53. The molecule has 1 spiro atoms. The zero-order valence-corrected chi connectivity index (χ0v) is 12.2. The van der Waals surface area contributed by atoms with Gasteiger partial charge in [0.05, 0.1) is 0 Å². The van der Waals surface area contributed by atoms with Crippen molar-refractivity contribution >= 4 is 11.4 Å². The van der Waals surface area contributed by atoms with E-state index in [-0.39, 0.29) is 0 Å². The molecule has 1 aromatic rings. The van der Waals surface area contributed by atoms with Crippen LogP contribution in [-0.4, -0.2) is 39.3 Å². The molecule has 0 aromatic heterocycles. The minimum Gasteiger partial charge on any atom is -0.378 e. The molecule has 0 unspecified atom stereocenters. The standard InChI is InChI=1S/C16H25N3/c1-18(2)14-6-5-7-15(12-14)19-11-10-17-16(13-19)8-3-4-9-16/h5-7,12,17H,3-4,8-11,13H2,1-2H3. The Morgan fingerprint density at radius 2 is 2.00 bits per heavy atom. The van der Waals surface area contributed by atoms with Crippen molar-refractivity contribution in [2.24, 2.45) is 0 Å². The normalized spacial score (nSPS) is 21.9. The Morgan fingerprint density at radius 1 is 1.21 bits per heavy atom. The van der Waals surface area contributed by atoms with Crippen LogP contribution in [-0.2, 0) is 0 Å². The smallest absolute Gasteiger partial charge is 0.0388 e. The Morgan fingerprint density at radius 3 is 2.74 bits per heavy atom. The van der Waals surface area contributed by atoms with Crippen LogP contribution < -0.4 is 15.1 Å². The predicted molar refractivity (Wildman–Crippen MR) is 82.2 cm³/mol. The van der Waals surface area contributed by atoms with Gasteiger partial charge >= 0.3 is 0 Å². The van der Waals surface area contributed by atoms with Gasteiger partial charge in [0.15, 0.2) is 0 Å². The second kappa shape index (κ2) is 5.04. The fourth-order valence-corrected chi connectivity index (χ4v) is 3.53. The minimum absolute atomic E-state index is 0.395. The molecule has 2 aliphatic rings. The Labute approximate surface area is 116 Å². The molecule has 3 rings (SSSR count). The van der Waals surface area contributed by atoms with E-state index < -0.39 is 0 Å². The van der Waals surface area contributed by atoms with E-state index in [9.17, 15) is 0 Å². The quantitative estimate of drug-likeness (QED) is 0.880. The van der Waals surface area contributed by atoms with E-state index in [1.165, 1.54) is 43.6 Å². The first-order valence-corrected chi connectivity index (χ1v) is 7.46. The first-order valence-electron chi connectivity index (χ1n) is 7.46. The number of rotatable bonds is 2. The molecule has 0 radical (unpaired) electrons. The molecule has 3 nitrogen and oxygen atoms in total. The zero-order chi connectivity index (χ0) is 13.3. The van der Waals surface area contributed by atoms with Gasteiger partial charge in [-0.2, -0.15) is 0 Å². The maximum Gasteiger partial charge on any atom is 0.0388 e. The Bertz CT molecular complexity index is 435. The number of nitrogens with zero attached hydrogens (tertiary/aromatic N) is 2. The largest absolute Gasteiger partial charge is 0.378 e. The van der Waals surface area contributed by atoms with Crippen molar-refractivity contribution in [2.75, 3.05) is 43.5 Å². The summed E-state index contributed by atoms with van der Waals surface area (Å²) in [7, 11) is 4.21. The summed E-state index contributed by atoms with van der Waals surface area (Å²) in [6.07, 6.45) is 5.46. The topological polar surface area (TPSA) is 18.5 Å². The van der Waals surface area contributed by atoms with E-state index in [1.807, 2.05) is 0 Å². The monoisotopic (exact) mass is 259 g/mol. The lowest BCUT2D eigenvalue weighted by Gasteiger charge is -2.43. The van der Waals surface area contributed by atoms with Crippen LogP contribution in [0.25, 0.3) is 0 Å². The van der Waals surface area contributed by atoms with Crippen molar-refractivity contribution in [2.45, 2.75) is 31.2 Å². The molecule has 0 amide bonds. The van der Waals surface area contributed by atoms with Crippen LogP contribution in [0.4, 0.5) is 11.4 Å². The lowest BCUT2D eigenvalue weighted by atomic mass is 9.94. The third-order valence-corrected chi connectivity index (χ3v) is 4.65. The third-order valence-electron chi connectivity index (χ3n) is 4.65. The average molecular weight is 259 g/mol. The average Bonchev–Trinajstić information content (AvgIpc) is 2.87. The van der Waals surface area contributed by atoms with Crippen LogP contribution in [0, 0.1) is 0 Å². The minimum atomic E-state index is 0.395. The summed E-state index contributed by atoms with van der Waals surface area (Å²) in [5.41, 5.74) is 3.06. The molecule has 104 valence electrons. The van der Waals surface area contributed by atoms with Crippen molar-refractivity contribution in [3.63, 3.8) is 0 Å². The maximum absolute atomic E-state index is 3.78. The highest BCUT2D eigenvalue weighted by molar-refractivity contribution is 5.59. The molecule has 1 aliphatic carbocycles. The van der Waals surface area contributed by atoms with Gasteiger partial charge in [-0.15, -0.1) is 0 Å². The fraction of sp³-hybridized carbons (Fsp3) is 0.625. The number of piperazine rings is 1. The first kappa shape index (κ1) is 12.8. The van der Waals surface area contributed by atoms with Crippen LogP contribution in [0.1, 0.15) is 25.7 Å². The van der Waals surface area contributed by atoms with Gasteiger partial charge in [0.1, 0.15) is 0 Å². The lowest BCUT2D eigenvalue weighted by Crippen LogP contribution is -2.59. The SMILES string of the molecule is CN(C)c1cccc(N2CCNC3(CCCC3)C2)c1. The van der Waals surface area contributed by atoms with Crippen LogP contribution >= 0.6 is 0 Å². The van der Waals surface area contributed by atoms with Gasteiger partial charge in [-0.3, -0.25) is 0 Å². The molecule has 2 fully saturated rings. The molecule has 3 heteroatoms. The Kier molecular flexibility index (Phi) is 3.40.